The van der Waals surface area contributed by atoms with E-state index in [-0.39, 0.29) is 23.3 Å². The van der Waals surface area contributed by atoms with Gasteiger partial charge in [-0.2, -0.15) is 0 Å². The van der Waals surface area contributed by atoms with Gasteiger partial charge >= 0.3 is 5.97 Å². The molecule has 3 N–H and O–H groups in total. The Morgan fingerprint density at radius 2 is 2.10 bits per heavy atom. The lowest BCUT2D eigenvalue weighted by molar-refractivity contribution is -0.118. The maximum Gasteiger partial charge on any atom is 0.335 e. The Morgan fingerprint density at radius 3 is 2.60 bits per heavy atom. The topological polar surface area (TPSA) is 92.9 Å². The van der Waals surface area contributed by atoms with E-state index in [1.54, 1.807) is 14.2 Å². The van der Waals surface area contributed by atoms with Gasteiger partial charge in [0.15, 0.2) is 0 Å². The molecule has 1 aromatic rings. The summed E-state index contributed by atoms with van der Waals surface area (Å²) in [5.41, 5.74) is 6.66. The van der Waals surface area contributed by atoms with Crippen LogP contribution >= 0.6 is 0 Å². The predicted molar refractivity (Wildman–Crippen MR) is 76.9 cm³/mol. The predicted octanol–water partition coefficient (Wildman–Crippen LogP) is 1.74. The number of benzene rings is 1. The van der Waals surface area contributed by atoms with Crippen LogP contribution < -0.4 is 10.6 Å². The van der Waals surface area contributed by atoms with E-state index in [1.165, 1.54) is 23.1 Å². The van der Waals surface area contributed by atoms with Crippen LogP contribution in [-0.4, -0.2) is 37.2 Å². The maximum atomic E-state index is 12.0. The fourth-order valence-corrected chi connectivity index (χ4v) is 1.74. The summed E-state index contributed by atoms with van der Waals surface area (Å²) in [6.07, 6.45) is 0.970. The number of hydrogen-bond donors (Lipinski definition) is 2. The van der Waals surface area contributed by atoms with Crippen molar-refractivity contribution in [3.05, 3.63) is 23.8 Å². The quantitative estimate of drug-likeness (QED) is 0.774. The van der Waals surface area contributed by atoms with Gasteiger partial charge in [0.05, 0.1) is 23.0 Å². The number of aromatic carboxylic acids is 1. The van der Waals surface area contributed by atoms with Crippen LogP contribution in [0.1, 0.15) is 30.1 Å². The lowest BCUT2D eigenvalue weighted by Crippen LogP contribution is -2.27. The molecule has 0 aromatic heterocycles. The Bertz CT molecular complexity index is 502. The van der Waals surface area contributed by atoms with Crippen LogP contribution in [0.15, 0.2) is 18.2 Å². The number of nitrogens with two attached hydrogens (primary N) is 1. The minimum Gasteiger partial charge on any atom is -0.478 e. The zero-order valence-corrected chi connectivity index (χ0v) is 11.9. The summed E-state index contributed by atoms with van der Waals surface area (Å²) in [6, 6.07) is 4.31. The van der Waals surface area contributed by atoms with Crippen LogP contribution in [0.25, 0.3) is 0 Å². The smallest absolute Gasteiger partial charge is 0.335 e. The number of nitrogen functional groups attached to an aromatic ring is 1. The Balaban J connectivity index is 2.79. The zero-order chi connectivity index (χ0) is 15.3. The van der Waals surface area contributed by atoms with Gasteiger partial charge in [-0.05, 0) is 31.5 Å². The van der Waals surface area contributed by atoms with Crippen molar-refractivity contribution in [3.8, 4) is 0 Å². The summed E-state index contributed by atoms with van der Waals surface area (Å²) < 4.78 is 5.09. The second-order valence-electron chi connectivity index (χ2n) is 4.62. The minimum absolute atomic E-state index is 0.0130. The number of anilines is 2. The molecule has 6 nitrogen and oxygen atoms in total. The van der Waals surface area contributed by atoms with Crippen LogP contribution in [0.5, 0.6) is 0 Å². The van der Waals surface area contributed by atoms with Crippen molar-refractivity contribution in [2.75, 3.05) is 24.8 Å². The van der Waals surface area contributed by atoms with Gasteiger partial charge in [0.25, 0.3) is 0 Å². The van der Waals surface area contributed by atoms with E-state index in [1.807, 2.05) is 6.92 Å². The van der Waals surface area contributed by atoms with Gasteiger partial charge in [0.1, 0.15) is 0 Å². The van der Waals surface area contributed by atoms with Crippen LogP contribution in [0.4, 0.5) is 11.4 Å². The number of methoxy groups -OCH3 is 1. The standard InChI is InChI=1S/C14H20N2O4/c1-9(20-3)4-7-13(17)16(2)12-6-5-10(14(18)19)8-11(12)15/h5-6,8-9H,4,7,15H2,1-3H3,(H,18,19). The van der Waals surface area contributed by atoms with E-state index in [9.17, 15) is 9.59 Å². The van der Waals surface area contributed by atoms with Crippen molar-refractivity contribution >= 4 is 23.3 Å². The molecule has 0 bridgehead atoms. The second-order valence-corrected chi connectivity index (χ2v) is 4.62. The van der Waals surface area contributed by atoms with Crippen molar-refractivity contribution in [2.45, 2.75) is 25.9 Å². The highest BCUT2D eigenvalue weighted by Crippen LogP contribution is 2.24. The largest absolute Gasteiger partial charge is 0.478 e. The fourth-order valence-electron chi connectivity index (χ4n) is 1.74. The lowest BCUT2D eigenvalue weighted by Gasteiger charge is -2.20. The van der Waals surface area contributed by atoms with Gasteiger partial charge in [0.2, 0.25) is 5.91 Å². The molecular formula is C14H20N2O4. The first-order chi connectivity index (χ1) is 9.36. The molecule has 1 atom stereocenters. The number of carboxylic acids is 1. The van der Waals surface area contributed by atoms with Gasteiger partial charge in [-0.15, -0.1) is 0 Å². The van der Waals surface area contributed by atoms with Gasteiger partial charge < -0.3 is 20.5 Å². The molecule has 1 amide bonds. The highest BCUT2D eigenvalue weighted by Gasteiger charge is 2.16. The third-order valence-corrected chi connectivity index (χ3v) is 3.18. The summed E-state index contributed by atoms with van der Waals surface area (Å²) >= 11 is 0. The minimum atomic E-state index is -1.05. The van der Waals surface area contributed by atoms with E-state index in [0.29, 0.717) is 18.5 Å². The van der Waals surface area contributed by atoms with Crippen molar-refractivity contribution in [1.82, 2.24) is 0 Å². The van der Waals surface area contributed by atoms with Crippen molar-refractivity contribution in [2.24, 2.45) is 0 Å². The number of carbonyl (C=O) groups excluding carboxylic acids is 1. The number of amides is 1. The number of ether oxygens (including phenoxy) is 1. The number of rotatable bonds is 6. The van der Waals surface area contributed by atoms with Crippen LogP contribution in [0.3, 0.4) is 0 Å². The van der Waals surface area contributed by atoms with Crippen LogP contribution in [0.2, 0.25) is 0 Å². The zero-order valence-electron chi connectivity index (χ0n) is 11.9. The van der Waals surface area contributed by atoms with Gasteiger partial charge in [0, 0.05) is 20.6 Å². The summed E-state index contributed by atoms with van der Waals surface area (Å²) in [4.78, 5) is 24.3. The average Bonchev–Trinajstić information content (AvgIpc) is 2.43. The van der Waals surface area contributed by atoms with E-state index < -0.39 is 5.97 Å². The SMILES string of the molecule is COC(C)CCC(=O)N(C)c1ccc(C(=O)O)cc1N. The molecule has 0 saturated heterocycles. The number of carboxylic acid groups (broad SMARTS) is 1. The van der Waals surface area contributed by atoms with Gasteiger partial charge in [-0.3, -0.25) is 4.79 Å². The molecule has 0 saturated carbocycles. The van der Waals surface area contributed by atoms with E-state index in [4.69, 9.17) is 15.6 Å². The molecule has 0 heterocycles. The summed E-state index contributed by atoms with van der Waals surface area (Å²) in [5.74, 6) is -1.14. The molecule has 0 radical (unpaired) electrons. The molecule has 20 heavy (non-hydrogen) atoms. The highest BCUT2D eigenvalue weighted by atomic mass is 16.5. The molecule has 0 fully saturated rings. The summed E-state index contributed by atoms with van der Waals surface area (Å²) in [7, 11) is 3.22. The van der Waals surface area contributed by atoms with E-state index in [0.717, 1.165) is 0 Å². The van der Waals surface area contributed by atoms with E-state index >= 15 is 0 Å². The first kappa shape index (κ1) is 16.0. The number of nitrogens with zero attached hydrogens (tertiary/aromatic N) is 1. The van der Waals surface area contributed by atoms with Gasteiger partial charge in [-0.25, -0.2) is 4.79 Å². The first-order valence-corrected chi connectivity index (χ1v) is 6.29. The molecule has 1 rings (SSSR count). The molecule has 0 spiro atoms. The molecule has 0 aliphatic rings. The summed E-state index contributed by atoms with van der Waals surface area (Å²) in [5, 5.41) is 8.87. The number of hydrogen-bond acceptors (Lipinski definition) is 4. The normalized spacial score (nSPS) is 11.9. The monoisotopic (exact) mass is 280 g/mol. The molecule has 6 heteroatoms. The maximum absolute atomic E-state index is 12.0. The van der Waals surface area contributed by atoms with Crippen LogP contribution in [-0.2, 0) is 9.53 Å². The Labute approximate surface area is 118 Å². The Kier molecular flexibility index (Phi) is 5.52. The second kappa shape index (κ2) is 6.91. The molecule has 1 unspecified atom stereocenters. The first-order valence-electron chi connectivity index (χ1n) is 6.29. The average molecular weight is 280 g/mol. The molecule has 110 valence electrons. The van der Waals surface area contributed by atoms with Crippen molar-refractivity contribution < 1.29 is 19.4 Å². The Hall–Kier alpha value is -2.08. The summed E-state index contributed by atoms with van der Waals surface area (Å²) in [6.45, 7) is 1.89. The van der Waals surface area contributed by atoms with Crippen molar-refractivity contribution in [1.29, 1.82) is 0 Å². The van der Waals surface area contributed by atoms with Crippen molar-refractivity contribution in [3.63, 3.8) is 0 Å². The highest BCUT2D eigenvalue weighted by molar-refractivity contribution is 5.97. The van der Waals surface area contributed by atoms with Gasteiger partial charge in [-0.1, -0.05) is 0 Å². The van der Waals surface area contributed by atoms with Crippen LogP contribution in [0, 0.1) is 0 Å². The molecule has 0 aliphatic heterocycles. The molecule has 1 aromatic carbocycles. The Morgan fingerprint density at radius 1 is 1.45 bits per heavy atom. The lowest BCUT2D eigenvalue weighted by atomic mass is 10.1. The number of carbonyl (C=O) groups is 2. The fraction of sp³-hybridized carbons (Fsp3) is 0.429. The molecular weight excluding hydrogens is 260 g/mol. The van der Waals surface area contributed by atoms with E-state index in [2.05, 4.69) is 0 Å². The third-order valence-electron chi connectivity index (χ3n) is 3.18. The molecule has 0 aliphatic carbocycles. The third kappa shape index (κ3) is 3.96.